The predicted molar refractivity (Wildman–Crippen MR) is 53.8 cm³/mol. The second-order valence-corrected chi connectivity index (χ2v) is 4.14. The average Bonchev–Trinajstić information content (AvgIpc) is 2.71. The standard InChI is InChI=1S/C10H14N4/c1-10(7-11)4-2-6-14(8-10)9-3-5-12-13-9/h3,5H,2,4,6,8H2,1H3,(H,12,13). The summed E-state index contributed by atoms with van der Waals surface area (Å²) in [6, 6.07) is 4.34. The molecule has 1 saturated heterocycles. The molecule has 4 heteroatoms. The summed E-state index contributed by atoms with van der Waals surface area (Å²) in [5, 5.41) is 15.9. The summed E-state index contributed by atoms with van der Waals surface area (Å²) < 4.78 is 0. The topological polar surface area (TPSA) is 55.7 Å². The molecule has 2 heterocycles. The van der Waals surface area contributed by atoms with Crippen molar-refractivity contribution in [2.75, 3.05) is 18.0 Å². The van der Waals surface area contributed by atoms with Gasteiger partial charge in [-0.25, -0.2) is 0 Å². The number of nitrogens with zero attached hydrogens (tertiary/aromatic N) is 3. The average molecular weight is 190 g/mol. The maximum absolute atomic E-state index is 9.06. The molecule has 1 fully saturated rings. The fraction of sp³-hybridized carbons (Fsp3) is 0.600. The zero-order chi connectivity index (χ0) is 10.0. The van der Waals surface area contributed by atoms with Crippen molar-refractivity contribution in [3.05, 3.63) is 12.3 Å². The van der Waals surface area contributed by atoms with Crippen molar-refractivity contribution < 1.29 is 0 Å². The number of aromatic nitrogens is 2. The molecule has 1 aromatic rings. The van der Waals surface area contributed by atoms with E-state index in [-0.39, 0.29) is 5.41 Å². The number of rotatable bonds is 1. The van der Waals surface area contributed by atoms with Crippen molar-refractivity contribution in [1.29, 1.82) is 5.26 Å². The summed E-state index contributed by atoms with van der Waals surface area (Å²) in [5.74, 6) is 1.02. The number of hydrogen-bond donors (Lipinski definition) is 1. The third-order valence-corrected chi connectivity index (χ3v) is 2.79. The lowest BCUT2D eigenvalue weighted by Crippen LogP contribution is -2.41. The number of hydrogen-bond acceptors (Lipinski definition) is 3. The van der Waals surface area contributed by atoms with Gasteiger partial charge in [-0.2, -0.15) is 10.4 Å². The van der Waals surface area contributed by atoms with Gasteiger partial charge in [0.2, 0.25) is 0 Å². The van der Waals surface area contributed by atoms with Gasteiger partial charge in [0.1, 0.15) is 5.82 Å². The first kappa shape index (κ1) is 9.07. The van der Waals surface area contributed by atoms with E-state index in [9.17, 15) is 0 Å². The highest BCUT2D eigenvalue weighted by Gasteiger charge is 2.31. The molecule has 1 aliphatic rings. The highest BCUT2D eigenvalue weighted by molar-refractivity contribution is 5.38. The number of piperidine rings is 1. The third kappa shape index (κ3) is 1.58. The Kier molecular flexibility index (Phi) is 2.16. The molecule has 14 heavy (non-hydrogen) atoms. The lowest BCUT2D eigenvalue weighted by atomic mass is 9.83. The smallest absolute Gasteiger partial charge is 0.124 e. The van der Waals surface area contributed by atoms with Crippen molar-refractivity contribution >= 4 is 5.82 Å². The Bertz CT molecular complexity index is 338. The summed E-state index contributed by atoms with van der Waals surface area (Å²) >= 11 is 0. The predicted octanol–water partition coefficient (Wildman–Crippen LogP) is 1.54. The van der Waals surface area contributed by atoms with Gasteiger partial charge in [0.25, 0.3) is 0 Å². The molecule has 4 nitrogen and oxygen atoms in total. The Morgan fingerprint density at radius 1 is 1.71 bits per heavy atom. The lowest BCUT2D eigenvalue weighted by Gasteiger charge is -2.36. The molecule has 0 spiro atoms. The normalized spacial score (nSPS) is 27.3. The first-order chi connectivity index (χ1) is 6.73. The molecule has 1 unspecified atom stereocenters. The molecule has 1 N–H and O–H groups in total. The van der Waals surface area contributed by atoms with Gasteiger partial charge >= 0.3 is 0 Å². The third-order valence-electron chi connectivity index (χ3n) is 2.79. The highest BCUT2D eigenvalue weighted by Crippen LogP contribution is 2.30. The van der Waals surface area contributed by atoms with Crippen LogP contribution in [-0.2, 0) is 0 Å². The minimum atomic E-state index is -0.205. The minimum absolute atomic E-state index is 0.205. The van der Waals surface area contributed by atoms with Crippen LogP contribution in [0.15, 0.2) is 12.3 Å². The minimum Gasteiger partial charge on any atom is -0.355 e. The molecule has 2 rings (SSSR count). The van der Waals surface area contributed by atoms with Crippen molar-refractivity contribution in [2.45, 2.75) is 19.8 Å². The van der Waals surface area contributed by atoms with Crippen LogP contribution in [0.3, 0.4) is 0 Å². The molecule has 74 valence electrons. The van der Waals surface area contributed by atoms with Gasteiger partial charge in [-0.15, -0.1) is 0 Å². The van der Waals surface area contributed by atoms with Gasteiger partial charge in [0, 0.05) is 19.2 Å². The van der Waals surface area contributed by atoms with E-state index in [1.807, 2.05) is 13.0 Å². The van der Waals surface area contributed by atoms with Crippen molar-refractivity contribution in [2.24, 2.45) is 5.41 Å². The van der Waals surface area contributed by atoms with E-state index >= 15 is 0 Å². The van der Waals surface area contributed by atoms with Crippen LogP contribution in [0, 0.1) is 16.7 Å². The van der Waals surface area contributed by atoms with Crippen LogP contribution in [0.25, 0.3) is 0 Å². The van der Waals surface area contributed by atoms with Crippen LogP contribution in [0.2, 0.25) is 0 Å². The van der Waals surface area contributed by atoms with E-state index in [0.29, 0.717) is 0 Å². The second-order valence-electron chi connectivity index (χ2n) is 4.14. The summed E-state index contributed by atoms with van der Waals surface area (Å²) in [5.41, 5.74) is -0.205. The lowest BCUT2D eigenvalue weighted by molar-refractivity contribution is 0.348. The molecular formula is C10H14N4. The van der Waals surface area contributed by atoms with Crippen LogP contribution in [0.4, 0.5) is 5.82 Å². The number of nitriles is 1. The van der Waals surface area contributed by atoms with Crippen LogP contribution in [0.1, 0.15) is 19.8 Å². The number of H-pyrrole nitrogens is 1. The van der Waals surface area contributed by atoms with Crippen LogP contribution in [-0.4, -0.2) is 23.3 Å². The molecule has 1 atom stereocenters. The van der Waals surface area contributed by atoms with Crippen molar-refractivity contribution in [3.63, 3.8) is 0 Å². The zero-order valence-electron chi connectivity index (χ0n) is 8.32. The monoisotopic (exact) mass is 190 g/mol. The summed E-state index contributed by atoms with van der Waals surface area (Å²) in [6.45, 7) is 3.83. The first-order valence-electron chi connectivity index (χ1n) is 4.89. The molecule has 0 amide bonds. The molecule has 0 radical (unpaired) electrons. The van der Waals surface area contributed by atoms with Gasteiger partial charge in [-0.3, -0.25) is 5.10 Å². The van der Waals surface area contributed by atoms with E-state index in [0.717, 1.165) is 31.7 Å². The SMILES string of the molecule is CC1(C#N)CCCN(c2ccn[nH]2)C1. The Hall–Kier alpha value is -1.50. The molecular weight excluding hydrogens is 176 g/mol. The van der Waals surface area contributed by atoms with E-state index in [4.69, 9.17) is 5.26 Å². The van der Waals surface area contributed by atoms with Crippen LogP contribution >= 0.6 is 0 Å². The maximum Gasteiger partial charge on any atom is 0.124 e. The van der Waals surface area contributed by atoms with Gasteiger partial charge in [0.15, 0.2) is 0 Å². The Labute approximate surface area is 83.5 Å². The Morgan fingerprint density at radius 2 is 2.57 bits per heavy atom. The summed E-state index contributed by atoms with van der Waals surface area (Å²) in [7, 11) is 0. The summed E-state index contributed by atoms with van der Waals surface area (Å²) in [6.07, 6.45) is 3.81. The van der Waals surface area contributed by atoms with E-state index in [2.05, 4.69) is 21.2 Å². The zero-order valence-corrected chi connectivity index (χ0v) is 8.32. The molecule has 1 aromatic heterocycles. The Morgan fingerprint density at radius 3 is 3.21 bits per heavy atom. The van der Waals surface area contributed by atoms with Gasteiger partial charge in [-0.1, -0.05) is 0 Å². The van der Waals surface area contributed by atoms with Gasteiger partial charge in [0.05, 0.1) is 17.7 Å². The molecule has 0 aliphatic carbocycles. The van der Waals surface area contributed by atoms with Crippen LogP contribution < -0.4 is 4.90 Å². The Balaban J connectivity index is 2.13. The second kappa shape index (κ2) is 3.33. The van der Waals surface area contributed by atoms with Gasteiger partial charge < -0.3 is 4.90 Å². The number of aromatic amines is 1. The van der Waals surface area contributed by atoms with Gasteiger partial charge in [-0.05, 0) is 19.8 Å². The largest absolute Gasteiger partial charge is 0.355 e. The molecule has 1 aliphatic heterocycles. The maximum atomic E-state index is 9.06. The van der Waals surface area contributed by atoms with Crippen LogP contribution in [0.5, 0.6) is 0 Å². The van der Waals surface area contributed by atoms with Crippen molar-refractivity contribution in [1.82, 2.24) is 10.2 Å². The quantitative estimate of drug-likeness (QED) is 0.730. The van der Waals surface area contributed by atoms with Crippen molar-refractivity contribution in [3.8, 4) is 6.07 Å². The molecule has 0 saturated carbocycles. The highest BCUT2D eigenvalue weighted by atomic mass is 15.3. The number of nitrogens with one attached hydrogen (secondary N) is 1. The van der Waals surface area contributed by atoms with E-state index < -0.39 is 0 Å². The molecule has 0 aromatic carbocycles. The number of anilines is 1. The summed E-state index contributed by atoms with van der Waals surface area (Å²) in [4.78, 5) is 2.19. The first-order valence-corrected chi connectivity index (χ1v) is 4.89. The van der Waals surface area contributed by atoms with E-state index in [1.54, 1.807) is 6.20 Å². The van der Waals surface area contributed by atoms with E-state index in [1.165, 1.54) is 0 Å². The molecule has 0 bridgehead atoms. The fourth-order valence-electron chi connectivity index (χ4n) is 1.96. The fourth-order valence-corrected chi connectivity index (χ4v) is 1.96.